The number of carbonyl (C=O) groups is 1. The van der Waals surface area contributed by atoms with Crippen molar-refractivity contribution in [2.45, 2.75) is 45.2 Å². The van der Waals surface area contributed by atoms with E-state index in [9.17, 15) is 13.6 Å². The second-order valence-electron chi connectivity index (χ2n) is 5.99. The van der Waals surface area contributed by atoms with E-state index in [1.807, 2.05) is 20.0 Å². The van der Waals surface area contributed by atoms with Crippen molar-refractivity contribution in [3.8, 4) is 0 Å². The van der Waals surface area contributed by atoms with E-state index in [4.69, 9.17) is 11.6 Å². The third-order valence-electron chi connectivity index (χ3n) is 4.05. The molecule has 0 saturated heterocycles. The molecule has 9 heteroatoms. The minimum Gasteiger partial charge on any atom is -0.349 e. The lowest BCUT2D eigenvalue weighted by atomic mass is 10.2. The van der Waals surface area contributed by atoms with Crippen LogP contribution in [0.4, 0.5) is 8.78 Å². The zero-order chi connectivity index (χ0) is 17.4. The van der Waals surface area contributed by atoms with Gasteiger partial charge in [0, 0.05) is 18.7 Å². The number of aromatic nitrogens is 4. The van der Waals surface area contributed by atoms with Crippen LogP contribution >= 0.6 is 11.6 Å². The van der Waals surface area contributed by atoms with Gasteiger partial charge < -0.3 is 5.32 Å². The SMILES string of the molecule is Cc1cc(CNC(=O)Cn2nc(C(F)F)c(Cl)c2C2CC2)nn1C. The van der Waals surface area contributed by atoms with Crippen molar-refractivity contribution < 1.29 is 13.6 Å². The Hall–Kier alpha value is -1.96. The van der Waals surface area contributed by atoms with Crippen LogP contribution in [0, 0.1) is 6.92 Å². The lowest BCUT2D eigenvalue weighted by Gasteiger charge is -2.07. The molecule has 0 unspecified atom stereocenters. The van der Waals surface area contributed by atoms with Crippen molar-refractivity contribution in [1.29, 1.82) is 0 Å². The quantitative estimate of drug-likeness (QED) is 0.864. The molecular formula is C15H18ClF2N5O. The fourth-order valence-corrected chi connectivity index (χ4v) is 2.95. The highest BCUT2D eigenvalue weighted by atomic mass is 35.5. The lowest BCUT2D eigenvalue weighted by Crippen LogP contribution is -2.28. The zero-order valence-electron chi connectivity index (χ0n) is 13.4. The fraction of sp³-hybridized carbons (Fsp3) is 0.533. The van der Waals surface area contributed by atoms with E-state index in [0.29, 0.717) is 5.69 Å². The van der Waals surface area contributed by atoms with Crippen LogP contribution in [0.25, 0.3) is 0 Å². The number of amides is 1. The van der Waals surface area contributed by atoms with Gasteiger partial charge in [-0.05, 0) is 25.8 Å². The van der Waals surface area contributed by atoms with E-state index in [2.05, 4.69) is 15.5 Å². The molecule has 0 bridgehead atoms. The van der Waals surface area contributed by atoms with Gasteiger partial charge in [-0.1, -0.05) is 11.6 Å². The minimum atomic E-state index is -2.75. The van der Waals surface area contributed by atoms with Crippen molar-refractivity contribution in [2.24, 2.45) is 7.05 Å². The Bertz CT molecular complexity index is 747. The standard InChI is InChI=1S/C15H18ClF2N5O/c1-8-5-10(20-22(8)2)6-19-11(24)7-23-14(9-3-4-9)12(16)13(21-23)15(17)18/h5,9,15H,3-4,6-7H2,1-2H3,(H,19,24). The van der Waals surface area contributed by atoms with E-state index in [1.165, 1.54) is 4.68 Å². The summed E-state index contributed by atoms with van der Waals surface area (Å²) in [7, 11) is 1.82. The Balaban J connectivity index is 1.68. The maximum absolute atomic E-state index is 13.0. The van der Waals surface area contributed by atoms with Gasteiger partial charge in [0.1, 0.15) is 12.2 Å². The molecule has 0 aromatic carbocycles. The Morgan fingerprint density at radius 3 is 2.71 bits per heavy atom. The van der Waals surface area contributed by atoms with Gasteiger partial charge in [-0.15, -0.1) is 0 Å². The van der Waals surface area contributed by atoms with Gasteiger partial charge in [-0.25, -0.2) is 8.78 Å². The first kappa shape index (κ1) is 16.9. The van der Waals surface area contributed by atoms with Gasteiger partial charge in [0.25, 0.3) is 6.43 Å². The molecule has 1 saturated carbocycles. The van der Waals surface area contributed by atoms with Crippen LogP contribution in [0.15, 0.2) is 6.07 Å². The van der Waals surface area contributed by atoms with Crippen LogP contribution in [0.3, 0.4) is 0 Å². The second kappa shape index (κ2) is 6.51. The zero-order valence-corrected chi connectivity index (χ0v) is 14.1. The predicted molar refractivity (Wildman–Crippen MR) is 84.0 cm³/mol. The van der Waals surface area contributed by atoms with Crippen LogP contribution in [0.1, 0.15) is 48.0 Å². The molecule has 1 fully saturated rings. The minimum absolute atomic E-state index is 0.0133. The number of alkyl halides is 2. The molecule has 0 spiro atoms. The number of carbonyl (C=O) groups excluding carboxylic acids is 1. The molecule has 24 heavy (non-hydrogen) atoms. The molecule has 2 heterocycles. The molecular weight excluding hydrogens is 340 g/mol. The van der Waals surface area contributed by atoms with E-state index in [-0.39, 0.29) is 29.9 Å². The van der Waals surface area contributed by atoms with Crippen molar-refractivity contribution in [2.75, 3.05) is 0 Å². The number of aryl methyl sites for hydroxylation is 2. The van der Waals surface area contributed by atoms with Crippen LogP contribution in [0.5, 0.6) is 0 Å². The molecule has 1 amide bonds. The summed E-state index contributed by atoms with van der Waals surface area (Å²) in [5, 5.41) is 10.8. The molecule has 1 aliphatic rings. The van der Waals surface area contributed by atoms with Gasteiger partial charge in [0.15, 0.2) is 0 Å². The largest absolute Gasteiger partial charge is 0.349 e. The van der Waals surface area contributed by atoms with Gasteiger partial charge in [0.2, 0.25) is 5.91 Å². The van der Waals surface area contributed by atoms with Gasteiger partial charge in [-0.2, -0.15) is 10.2 Å². The van der Waals surface area contributed by atoms with Crippen molar-refractivity contribution in [3.63, 3.8) is 0 Å². The first-order chi connectivity index (χ1) is 11.4. The first-order valence-electron chi connectivity index (χ1n) is 7.67. The molecule has 1 N–H and O–H groups in total. The van der Waals surface area contributed by atoms with E-state index in [1.54, 1.807) is 4.68 Å². The molecule has 0 radical (unpaired) electrons. The highest BCUT2D eigenvalue weighted by Gasteiger charge is 2.34. The molecule has 2 aromatic heterocycles. The predicted octanol–water partition coefficient (Wildman–Crippen LogP) is 2.71. The average molecular weight is 358 g/mol. The molecule has 1 aliphatic carbocycles. The Morgan fingerprint density at radius 2 is 2.17 bits per heavy atom. The Kier molecular flexibility index (Phi) is 4.58. The summed E-state index contributed by atoms with van der Waals surface area (Å²) in [5.74, 6) is -0.205. The summed E-state index contributed by atoms with van der Waals surface area (Å²) in [4.78, 5) is 12.1. The summed E-state index contributed by atoms with van der Waals surface area (Å²) >= 11 is 6.03. The fourth-order valence-electron chi connectivity index (χ4n) is 2.58. The average Bonchev–Trinajstić information content (AvgIpc) is 3.21. The molecule has 0 atom stereocenters. The van der Waals surface area contributed by atoms with E-state index >= 15 is 0 Å². The summed E-state index contributed by atoms with van der Waals surface area (Å²) in [6.45, 7) is 2.05. The molecule has 6 nitrogen and oxygen atoms in total. The monoisotopic (exact) mass is 357 g/mol. The maximum Gasteiger partial charge on any atom is 0.283 e. The maximum atomic E-state index is 13.0. The number of nitrogens with zero attached hydrogens (tertiary/aromatic N) is 4. The molecule has 3 rings (SSSR count). The summed E-state index contributed by atoms with van der Waals surface area (Å²) in [6.07, 6.45) is -0.998. The number of rotatable bonds is 6. The first-order valence-corrected chi connectivity index (χ1v) is 8.05. The Labute approximate surface area is 142 Å². The smallest absolute Gasteiger partial charge is 0.283 e. The van der Waals surface area contributed by atoms with E-state index < -0.39 is 12.1 Å². The number of hydrogen-bond acceptors (Lipinski definition) is 3. The topological polar surface area (TPSA) is 64.7 Å². The van der Waals surface area contributed by atoms with Crippen molar-refractivity contribution >= 4 is 17.5 Å². The lowest BCUT2D eigenvalue weighted by molar-refractivity contribution is -0.122. The number of nitrogens with one attached hydrogen (secondary N) is 1. The third-order valence-corrected chi connectivity index (χ3v) is 4.44. The summed E-state index contributed by atoms with van der Waals surface area (Å²) in [6, 6.07) is 1.87. The highest BCUT2D eigenvalue weighted by molar-refractivity contribution is 6.32. The van der Waals surface area contributed by atoms with Crippen LogP contribution in [0.2, 0.25) is 5.02 Å². The summed E-state index contributed by atoms with van der Waals surface area (Å²) in [5.41, 5.74) is 1.80. The number of hydrogen-bond donors (Lipinski definition) is 1. The van der Waals surface area contributed by atoms with Gasteiger partial charge in [0.05, 0.1) is 23.0 Å². The van der Waals surface area contributed by atoms with E-state index in [0.717, 1.165) is 24.2 Å². The van der Waals surface area contributed by atoms with Gasteiger partial charge in [-0.3, -0.25) is 14.2 Å². The van der Waals surface area contributed by atoms with Crippen LogP contribution in [-0.4, -0.2) is 25.5 Å². The Morgan fingerprint density at radius 1 is 1.46 bits per heavy atom. The van der Waals surface area contributed by atoms with Crippen LogP contribution in [-0.2, 0) is 24.9 Å². The molecule has 2 aromatic rings. The highest BCUT2D eigenvalue weighted by Crippen LogP contribution is 2.45. The second-order valence-corrected chi connectivity index (χ2v) is 6.37. The van der Waals surface area contributed by atoms with Crippen molar-refractivity contribution in [3.05, 3.63) is 33.9 Å². The summed E-state index contributed by atoms with van der Waals surface area (Å²) < 4.78 is 29.0. The number of halogens is 3. The molecule has 130 valence electrons. The third kappa shape index (κ3) is 3.43. The van der Waals surface area contributed by atoms with Gasteiger partial charge >= 0.3 is 0 Å². The molecule has 0 aliphatic heterocycles. The van der Waals surface area contributed by atoms with Crippen LogP contribution < -0.4 is 5.32 Å². The van der Waals surface area contributed by atoms with Crippen molar-refractivity contribution in [1.82, 2.24) is 24.9 Å². The normalized spacial score (nSPS) is 14.4.